The Morgan fingerprint density at radius 1 is 1.36 bits per heavy atom. The highest BCUT2D eigenvalue weighted by molar-refractivity contribution is 5.69. The smallest absolute Gasteiger partial charge is 0.306 e. The molecule has 0 bridgehead atoms. The van der Waals surface area contributed by atoms with Crippen LogP contribution in [0.15, 0.2) is 30.3 Å². The van der Waals surface area contributed by atoms with Crippen molar-refractivity contribution in [3.05, 3.63) is 35.9 Å². The average Bonchev–Trinajstić information content (AvgIpc) is 2.25. The first-order valence-corrected chi connectivity index (χ1v) is 4.57. The van der Waals surface area contributed by atoms with Gasteiger partial charge in [0.25, 0.3) is 0 Å². The summed E-state index contributed by atoms with van der Waals surface area (Å²) in [5.74, 6) is -0.207. The van der Waals surface area contributed by atoms with Crippen molar-refractivity contribution in [1.29, 1.82) is 0 Å². The van der Waals surface area contributed by atoms with Gasteiger partial charge < -0.3 is 4.74 Å². The lowest BCUT2D eigenvalue weighted by Crippen LogP contribution is -2.12. The van der Waals surface area contributed by atoms with E-state index in [1.807, 2.05) is 30.3 Å². The van der Waals surface area contributed by atoms with E-state index in [0.29, 0.717) is 19.5 Å². The third kappa shape index (κ3) is 4.05. The van der Waals surface area contributed by atoms with Crippen molar-refractivity contribution in [2.75, 3.05) is 13.7 Å². The molecule has 3 nitrogen and oxygen atoms in total. The maximum Gasteiger partial charge on any atom is 0.306 e. The van der Waals surface area contributed by atoms with Gasteiger partial charge in [0.2, 0.25) is 0 Å². The minimum atomic E-state index is -0.207. The Bertz CT molecular complexity index is 272. The van der Waals surface area contributed by atoms with Crippen LogP contribution in [0.5, 0.6) is 0 Å². The van der Waals surface area contributed by atoms with E-state index in [9.17, 15) is 4.79 Å². The van der Waals surface area contributed by atoms with Gasteiger partial charge in [-0.25, -0.2) is 5.32 Å². The number of rotatable bonds is 5. The summed E-state index contributed by atoms with van der Waals surface area (Å²) < 4.78 is 4.50. The van der Waals surface area contributed by atoms with E-state index in [1.165, 1.54) is 7.11 Å². The number of nitrogens with zero attached hydrogens (tertiary/aromatic N) is 1. The summed E-state index contributed by atoms with van der Waals surface area (Å²) in [7, 11) is 1.39. The monoisotopic (exact) mass is 192 g/mol. The molecule has 1 aromatic rings. The highest BCUT2D eigenvalue weighted by Gasteiger charge is 1.99. The van der Waals surface area contributed by atoms with E-state index in [1.54, 1.807) is 0 Å². The number of ether oxygens (including phenoxy) is 1. The first kappa shape index (κ1) is 10.7. The number of hydrogen-bond donors (Lipinski definition) is 0. The van der Waals surface area contributed by atoms with Crippen molar-refractivity contribution < 1.29 is 9.53 Å². The Labute approximate surface area is 84.1 Å². The van der Waals surface area contributed by atoms with Gasteiger partial charge in [-0.05, 0) is 5.56 Å². The van der Waals surface area contributed by atoms with Crippen LogP contribution in [0.3, 0.4) is 0 Å². The Morgan fingerprint density at radius 2 is 2.07 bits per heavy atom. The van der Waals surface area contributed by atoms with Gasteiger partial charge in [0.05, 0.1) is 13.5 Å². The van der Waals surface area contributed by atoms with Crippen LogP contribution in [0.2, 0.25) is 0 Å². The van der Waals surface area contributed by atoms with Crippen molar-refractivity contribution >= 4 is 5.97 Å². The van der Waals surface area contributed by atoms with Crippen molar-refractivity contribution in [1.82, 2.24) is 5.32 Å². The standard InChI is InChI=1S/C11H14NO2/c1-14-11(13)7-8-12-9-10-5-3-2-4-6-10/h2-6H,7-9H2,1H3. The summed E-state index contributed by atoms with van der Waals surface area (Å²) in [5, 5.41) is 4.23. The van der Waals surface area contributed by atoms with Crippen LogP contribution in [0, 0.1) is 0 Å². The molecule has 0 atom stereocenters. The molecule has 0 saturated carbocycles. The first-order chi connectivity index (χ1) is 6.83. The molecule has 0 aromatic heterocycles. The van der Waals surface area contributed by atoms with Crippen molar-refractivity contribution in [3.63, 3.8) is 0 Å². The van der Waals surface area contributed by atoms with Crippen molar-refractivity contribution in [2.24, 2.45) is 0 Å². The van der Waals surface area contributed by atoms with E-state index >= 15 is 0 Å². The second kappa shape index (κ2) is 6.16. The molecular formula is C11H14NO2. The topological polar surface area (TPSA) is 40.4 Å². The number of carbonyl (C=O) groups is 1. The maximum atomic E-state index is 10.7. The zero-order valence-corrected chi connectivity index (χ0v) is 8.27. The Morgan fingerprint density at radius 3 is 2.71 bits per heavy atom. The van der Waals surface area contributed by atoms with Crippen LogP contribution < -0.4 is 5.32 Å². The minimum absolute atomic E-state index is 0.207. The lowest BCUT2D eigenvalue weighted by atomic mass is 10.2. The van der Waals surface area contributed by atoms with Gasteiger partial charge in [0.1, 0.15) is 0 Å². The summed E-state index contributed by atoms with van der Waals surface area (Å²) >= 11 is 0. The van der Waals surface area contributed by atoms with Crippen LogP contribution in [0.4, 0.5) is 0 Å². The SMILES string of the molecule is COC(=O)CC[N]Cc1ccccc1. The second-order valence-electron chi connectivity index (χ2n) is 2.92. The third-order valence-corrected chi connectivity index (χ3v) is 1.84. The molecule has 14 heavy (non-hydrogen) atoms. The van der Waals surface area contributed by atoms with Crippen LogP contribution in [-0.2, 0) is 16.1 Å². The molecule has 0 aliphatic rings. The highest BCUT2D eigenvalue weighted by Crippen LogP contribution is 1.97. The largest absolute Gasteiger partial charge is 0.469 e. The van der Waals surface area contributed by atoms with Crippen LogP contribution >= 0.6 is 0 Å². The van der Waals surface area contributed by atoms with Gasteiger partial charge in [-0.3, -0.25) is 4.79 Å². The minimum Gasteiger partial charge on any atom is -0.469 e. The fourth-order valence-corrected chi connectivity index (χ4v) is 1.06. The normalized spacial score (nSPS) is 9.79. The molecule has 0 aliphatic heterocycles. The molecule has 0 saturated heterocycles. The fourth-order valence-electron chi connectivity index (χ4n) is 1.06. The summed E-state index contributed by atoms with van der Waals surface area (Å²) in [6.07, 6.45) is 0.364. The number of benzene rings is 1. The Kier molecular flexibility index (Phi) is 4.72. The van der Waals surface area contributed by atoms with Gasteiger partial charge in [-0.2, -0.15) is 0 Å². The maximum absolute atomic E-state index is 10.7. The molecule has 0 amide bonds. The van der Waals surface area contributed by atoms with E-state index in [4.69, 9.17) is 0 Å². The quantitative estimate of drug-likeness (QED) is 0.522. The second-order valence-corrected chi connectivity index (χ2v) is 2.92. The average molecular weight is 192 g/mol. The molecule has 0 heterocycles. The van der Waals surface area contributed by atoms with E-state index in [-0.39, 0.29) is 5.97 Å². The lowest BCUT2D eigenvalue weighted by molar-refractivity contribution is -0.140. The molecule has 0 fully saturated rings. The summed E-state index contributed by atoms with van der Waals surface area (Å²) in [6.45, 7) is 1.19. The number of methoxy groups -OCH3 is 1. The molecule has 75 valence electrons. The summed E-state index contributed by atoms with van der Waals surface area (Å²) in [5.41, 5.74) is 1.16. The number of carbonyl (C=O) groups excluding carboxylic acids is 1. The molecule has 1 rings (SSSR count). The van der Waals surface area contributed by atoms with Gasteiger partial charge in [-0.15, -0.1) is 0 Å². The van der Waals surface area contributed by atoms with Crippen LogP contribution in [-0.4, -0.2) is 19.6 Å². The molecule has 0 spiro atoms. The zero-order valence-electron chi connectivity index (χ0n) is 8.27. The molecule has 0 unspecified atom stereocenters. The highest BCUT2D eigenvalue weighted by atomic mass is 16.5. The lowest BCUT2D eigenvalue weighted by Gasteiger charge is -2.01. The predicted octanol–water partition coefficient (Wildman–Crippen LogP) is 1.35. The fraction of sp³-hybridized carbons (Fsp3) is 0.364. The third-order valence-electron chi connectivity index (χ3n) is 1.84. The van der Waals surface area contributed by atoms with Gasteiger partial charge in [-0.1, -0.05) is 30.3 Å². The van der Waals surface area contributed by atoms with Gasteiger partial charge in [0, 0.05) is 13.1 Å². The van der Waals surface area contributed by atoms with E-state index < -0.39 is 0 Å². The molecule has 0 N–H and O–H groups in total. The molecule has 0 aliphatic carbocycles. The first-order valence-electron chi connectivity index (χ1n) is 4.57. The zero-order chi connectivity index (χ0) is 10.2. The molecule has 1 radical (unpaired) electrons. The van der Waals surface area contributed by atoms with Gasteiger partial charge in [0.15, 0.2) is 0 Å². The molecular weight excluding hydrogens is 178 g/mol. The van der Waals surface area contributed by atoms with E-state index in [0.717, 1.165) is 5.56 Å². The van der Waals surface area contributed by atoms with Crippen molar-refractivity contribution in [3.8, 4) is 0 Å². The Balaban J connectivity index is 2.13. The predicted molar refractivity (Wildman–Crippen MR) is 53.8 cm³/mol. The molecule has 1 aromatic carbocycles. The number of hydrogen-bond acceptors (Lipinski definition) is 2. The Hall–Kier alpha value is -1.35. The summed E-state index contributed by atoms with van der Waals surface area (Å²) in [4.78, 5) is 10.7. The van der Waals surface area contributed by atoms with Gasteiger partial charge >= 0.3 is 5.97 Å². The number of esters is 1. The van der Waals surface area contributed by atoms with Crippen molar-refractivity contribution in [2.45, 2.75) is 13.0 Å². The van der Waals surface area contributed by atoms with Crippen LogP contribution in [0.1, 0.15) is 12.0 Å². The van der Waals surface area contributed by atoms with Crippen LogP contribution in [0.25, 0.3) is 0 Å². The molecule has 3 heteroatoms. The van der Waals surface area contributed by atoms with E-state index in [2.05, 4.69) is 10.1 Å². The summed E-state index contributed by atoms with van der Waals surface area (Å²) in [6, 6.07) is 9.96.